The largest absolute Gasteiger partial charge is 0.274 e. The van der Waals surface area contributed by atoms with Gasteiger partial charge in [-0.3, -0.25) is 24.1 Å². The first-order valence-corrected chi connectivity index (χ1v) is 14.4. The number of benzene rings is 2. The molecule has 6 atom stereocenters. The number of hydrogen-bond acceptors (Lipinski definition) is 4. The minimum Gasteiger partial charge on any atom is -0.274 e. The molecule has 6 nitrogen and oxygen atoms in total. The molecule has 0 aromatic heterocycles. The van der Waals surface area contributed by atoms with Crippen LogP contribution in [0.15, 0.2) is 58.6 Å². The van der Waals surface area contributed by atoms with E-state index in [9.17, 15) is 19.2 Å². The molecule has 3 aliphatic carbocycles. The zero-order chi connectivity index (χ0) is 27.8. The smallest absolute Gasteiger partial charge is 0.266 e. The van der Waals surface area contributed by atoms with Gasteiger partial charge in [-0.2, -0.15) is 0 Å². The number of nitrogens with zero attached hydrogens (tertiary/aromatic N) is 2. The van der Waals surface area contributed by atoms with Gasteiger partial charge in [0.1, 0.15) is 9.75 Å². The average molecular weight is 645 g/mol. The van der Waals surface area contributed by atoms with E-state index in [-0.39, 0.29) is 34.7 Å². The van der Waals surface area contributed by atoms with Crippen LogP contribution in [-0.2, 0) is 9.59 Å². The lowest BCUT2D eigenvalue weighted by Crippen LogP contribution is -2.44. The Morgan fingerprint density at radius 3 is 1.41 bits per heavy atom. The highest BCUT2D eigenvalue weighted by Crippen LogP contribution is 2.79. The summed E-state index contributed by atoms with van der Waals surface area (Å²) in [4.78, 5) is 52.1. The molecule has 4 amide bonds. The van der Waals surface area contributed by atoms with Crippen LogP contribution in [0.25, 0.3) is 0 Å². The molecular weight excluding hydrogens is 629 g/mol. The zero-order valence-corrected chi connectivity index (χ0v) is 24.2. The van der Waals surface area contributed by atoms with Crippen molar-refractivity contribution in [1.82, 2.24) is 0 Å². The van der Waals surface area contributed by atoms with Gasteiger partial charge >= 0.3 is 0 Å². The topological polar surface area (TPSA) is 74.8 Å². The number of allylic oxidation sites excluding steroid dienone is 2. The van der Waals surface area contributed by atoms with Crippen molar-refractivity contribution in [2.24, 2.45) is 23.7 Å². The molecule has 0 spiro atoms. The Morgan fingerprint density at radius 1 is 0.615 bits per heavy atom. The van der Waals surface area contributed by atoms with E-state index in [0.717, 1.165) is 9.80 Å². The molecule has 5 aliphatic rings. The van der Waals surface area contributed by atoms with Crippen LogP contribution in [0.5, 0.6) is 0 Å². The molecule has 2 aromatic carbocycles. The predicted molar refractivity (Wildman–Crippen MR) is 150 cm³/mol. The van der Waals surface area contributed by atoms with Crippen molar-refractivity contribution in [1.29, 1.82) is 0 Å². The third kappa shape index (κ3) is 2.88. The standard InChI is InChI=1S/C27H16Cl6N2O4/c28-19-20(29)26(31)18-10-16-15(9-17(18)25(19,30)27(26,32)33)23(38)35(24(16)39)12-7-5-11(6-8-12)34-21(36)13-3-1-2-4-14(13)22(34)37/h1-8,15-18H,9-10H2/t15-,16-,17-,18-,25-,26-/m1/s1. The summed E-state index contributed by atoms with van der Waals surface area (Å²) in [6.07, 6.45) is 0.423. The van der Waals surface area contributed by atoms with Crippen LogP contribution in [0.2, 0.25) is 0 Å². The van der Waals surface area contributed by atoms with Gasteiger partial charge in [-0.15, -0.1) is 23.2 Å². The number of amides is 4. The maximum Gasteiger partial charge on any atom is 0.266 e. The van der Waals surface area contributed by atoms with E-state index in [1.165, 1.54) is 12.1 Å². The third-order valence-corrected chi connectivity index (χ3v) is 13.3. The summed E-state index contributed by atoms with van der Waals surface area (Å²) in [6.45, 7) is 0. The van der Waals surface area contributed by atoms with Gasteiger partial charge in [-0.05, 0) is 61.1 Å². The quantitative estimate of drug-likeness (QED) is 0.278. The van der Waals surface area contributed by atoms with Crippen molar-refractivity contribution in [3.8, 4) is 0 Å². The number of rotatable bonds is 2. The molecule has 2 aromatic rings. The van der Waals surface area contributed by atoms with Gasteiger partial charge in [0.05, 0.1) is 44.4 Å². The molecule has 39 heavy (non-hydrogen) atoms. The molecule has 3 fully saturated rings. The van der Waals surface area contributed by atoms with Crippen molar-refractivity contribution < 1.29 is 19.2 Å². The van der Waals surface area contributed by atoms with E-state index < -0.39 is 49.6 Å². The molecule has 2 saturated carbocycles. The van der Waals surface area contributed by atoms with Gasteiger partial charge in [0, 0.05) is 0 Å². The summed E-state index contributed by atoms with van der Waals surface area (Å²) in [6, 6.07) is 12.7. The predicted octanol–water partition coefficient (Wildman–Crippen LogP) is 6.46. The van der Waals surface area contributed by atoms with Crippen LogP contribution >= 0.6 is 69.6 Å². The third-order valence-electron chi connectivity index (χ3n) is 8.99. The van der Waals surface area contributed by atoms with E-state index in [1.807, 2.05) is 0 Å². The Bertz CT molecular complexity index is 1490. The van der Waals surface area contributed by atoms with Gasteiger partial charge in [0.15, 0.2) is 4.33 Å². The summed E-state index contributed by atoms with van der Waals surface area (Å²) in [5.74, 6) is -3.93. The van der Waals surface area contributed by atoms with Crippen LogP contribution in [0.4, 0.5) is 11.4 Å². The second-order valence-corrected chi connectivity index (χ2v) is 13.8. The fourth-order valence-electron chi connectivity index (χ4n) is 7.15. The first-order valence-electron chi connectivity index (χ1n) is 12.1. The second kappa shape index (κ2) is 8.15. The molecule has 0 N–H and O–H groups in total. The number of imide groups is 2. The minimum absolute atomic E-state index is 0.0721. The first-order chi connectivity index (χ1) is 18.4. The van der Waals surface area contributed by atoms with Crippen LogP contribution in [0.3, 0.4) is 0 Å². The molecule has 0 unspecified atom stereocenters. The highest BCUT2D eigenvalue weighted by Gasteiger charge is 2.83. The number of fused-ring (bicyclic) bond motifs is 7. The van der Waals surface area contributed by atoms with Crippen molar-refractivity contribution in [3.63, 3.8) is 0 Å². The van der Waals surface area contributed by atoms with Gasteiger partial charge < -0.3 is 0 Å². The molecule has 7 rings (SSSR count). The average Bonchev–Trinajstić information content (AvgIpc) is 3.41. The number of carbonyl (C=O) groups excluding carboxylic acids is 4. The Hall–Kier alpha value is -1.80. The van der Waals surface area contributed by atoms with Gasteiger partial charge in [-0.1, -0.05) is 58.5 Å². The van der Waals surface area contributed by atoms with Crippen molar-refractivity contribution in [2.75, 3.05) is 9.80 Å². The first kappa shape index (κ1) is 26.1. The zero-order valence-electron chi connectivity index (χ0n) is 19.6. The minimum atomic E-state index is -1.73. The lowest BCUT2D eigenvalue weighted by atomic mass is 9.65. The molecule has 1 saturated heterocycles. The molecule has 2 aliphatic heterocycles. The van der Waals surface area contributed by atoms with Gasteiger partial charge in [0.2, 0.25) is 11.8 Å². The van der Waals surface area contributed by atoms with E-state index in [2.05, 4.69) is 0 Å². The van der Waals surface area contributed by atoms with Crippen LogP contribution in [0, 0.1) is 23.7 Å². The highest BCUT2D eigenvalue weighted by molar-refractivity contribution is 6.65. The maximum absolute atomic E-state index is 13.6. The van der Waals surface area contributed by atoms with Crippen molar-refractivity contribution >= 4 is 105 Å². The van der Waals surface area contributed by atoms with Crippen LogP contribution in [0.1, 0.15) is 33.6 Å². The normalized spacial score (nSPS) is 36.2. The van der Waals surface area contributed by atoms with E-state index in [0.29, 0.717) is 22.5 Å². The Kier molecular flexibility index (Phi) is 5.46. The number of halogens is 6. The summed E-state index contributed by atoms with van der Waals surface area (Å²) in [5.41, 5.74) is 1.30. The van der Waals surface area contributed by atoms with Crippen molar-refractivity contribution in [3.05, 3.63) is 69.7 Å². The molecular formula is C27H16Cl6N2O4. The summed E-state index contributed by atoms with van der Waals surface area (Å²) in [7, 11) is 0. The molecule has 12 heteroatoms. The van der Waals surface area contributed by atoms with E-state index >= 15 is 0 Å². The number of alkyl halides is 4. The molecule has 200 valence electrons. The van der Waals surface area contributed by atoms with Gasteiger partial charge in [-0.25, -0.2) is 4.90 Å². The van der Waals surface area contributed by atoms with Gasteiger partial charge in [0.25, 0.3) is 11.8 Å². The second-order valence-electron chi connectivity index (χ2n) is 10.5. The maximum atomic E-state index is 13.6. The van der Waals surface area contributed by atoms with Crippen molar-refractivity contribution in [2.45, 2.75) is 26.9 Å². The van der Waals surface area contributed by atoms with Crippen LogP contribution in [-0.4, -0.2) is 37.7 Å². The summed E-state index contributed by atoms with van der Waals surface area (Å²) >= 11 is 40.3. The monoisotopic (exact) mass is 642 g/mol. The van der Waals surface area contributed by atoms with E-state index in [4.69, 9.17) is 69.6 Å². The number of carbonyl (C=O) groups is 4. The Labute approximate surface area is 252 Å². The highest BCUT2D eigenvalue weighted by atomic mass is 35.5. The number of hydrogen-bond donors (Lipinski definition) is 0. The fourth-order valence-corrected chi connectivity index (χ4v) is 10.3. The number of anilines is 2. The summed E-state index contributed by atoms with van der Waals surface area (Å²) in [5, 5.41) is 0.144. The molecule has 0 radical (unpaired) electrons. The Balaban J connectivity index is 1.18. The fraction of sp³-hybridized carbons (Fsp3) is 0.333. The lowest BCUT2D eigenvalue weighted by Gasteiger charge is -2.42. The van der Waals surface area contributed by atoms with Crippen LogP contribution < -0.4 is 9.80 Å². The lowest BCUT2D eigenvalue weighted by molar-refractivity contribution is -0.122. The molecule has 2 heterocycles. The Morgan fingerprint density at radius 2 is 1.00 bits per heavy atom. The van der Waals surface area contributed by atoms with E-state index in [1.54, 1.807) is 36.4 Å². The SMILES string of the molecule is O=C1c2ccccc2C(=O)N1c1ccc(N2C(=O)[C@@H]3C[C@@H]4[C@@H](C[C@H]3C2=O)[C@@]2(Cl)C(Cl)=C(Cl)[C@@]4(Cl)C2(Cl)Cl)cc1. The summed E-state index contributed by atoms with van der Waals surface area (Å²) < 4.78 is -1.73. The molecule has 2 bridgehead atoms.